The van der Waals surface area contributed by atoms with Gasteiger partial charge in [0.25, 0.3) is 0 Å². The van der Waals surface area contributed by atoms with Crippen LogP contribution in [0.1, 0.15) is 52.7 Å². The summed E-state index contributed by atoms with van der Waals surface area (Å²) in [6, 6.07) is 68.9. The van der Waals surface area contributed by atoms with E-state index in [4.69, 9.17) is 4.42 Å². The van der Waals surface area contributed by atoms with Gasteiger partial charge in [-0.15, -0.1) is 0 Å². The zero-order valence-corrected chi connectivity index (χ0v) is 35.3. The zero-order valence-electron chi connectivity index (χ0n) is 35.3. The Hall–Kier alpha value is -6.90. The lowest BCUT2D eigenvalue weighted by molar-refractivity contribution is 0.569. The minimum Gasteiger partial charge on any atom is -0.456 e. The molecule has 2 heteroatoms. The van der Waals surface area contributed by atoms with Gasteiger partial charge in [0.2, 0.25) is 0 Å². The second-order valence-electron chi connectivity index (χ2n) is 18.2. The van der Waals surface area contributed by atoms with Crippen molar-refractivity contribution in [2.24, 2.45) is 0 Å². The summed E-state index contributed by atoms with van der Waals surface area (Å²) in [7, 11) is 0. The molecule has 0 aliphatic rings. The van der Waals surface area contributed by atoms with Crippen LogP contribution in [-0.2, 0) is 10.8 Å². The van der Waals surface area contributed by atoms with Crippen LogP contribution in [0.25, 0.3) is 76.9 Å². The first-order valence-corrected chi connectivity index (χ1v) is 21.1. The summed E-state index contributed by atoms with van der Waals surface area (Å²) in [5.41, 5.74) is 14.9. The van der Waals surface area contributed by atoms with Crippen molar-refractivity contribution in [2.75, 3.05) is 4.90 Å². The van der Waals surface area contributed by atoms with Crippen molar-refractivity contribution in [2.45, 2.75) is 52.4 Å². The molecule has 0 saturated carbocycles. The molecule has 60 heavy (non-hydrogen) atoms. The van der Waals surface area contributed by atoms with Crippen molar-refractivity contribution in [3.8, 4) is 33.4 Å². The molecule has 10 aromatic rings. The minimum atomic E-state index is -0.00313. The summed E-state index contributed by atoms with van der Waals surface area (Å²) in [6.07, 6.45) is 0. The van der Waals surface area contributed by atoms with Crippen LogP contribution < -0.4 is 4.90 Å². The van der Waals surface area contributed by atoms with E-state index in [1.165, 1.54) is 49.4 Å². The van der Waals surface area contributed by atoms with Crippen molar-refractivity contribution in [1.29, 1.82) is 0 Å². The number of rotatable bonds is 6. The molecule has 0 radical (unpaired) electrons. The molecule has 0 amide bonds. The molecule has 0 fully saturated rings. The van der Waals surface area contributed by atoms with Crippen LogP contribution in [0, 0.1) is 0 Å². The fourth-order valence-electron chi connectivity index (χ4n) is 8.97. The summed E-state index contributed by atoms with van der Waals surface area (Å²) < 4.78 is 6.44. The van der Waals surface area contributed by atoms with Crippen molar-refractivity contribution < 1.29 is 4.42 Å². The molecule has 0 bridgehead atoms. The largest absolute Gasteiger partial charge is 0.456 e. The third-order valence-electron chi connectivity index (χ3n) is 12.1. The summed E-state index contributed by atoms with van der Waals surface area (Å²) >= 11 is 0. The lowest BCUT2D eigenvalue weighted by Gasteiger charge is -2.30. The number of benzene rings is 9. The van der Waals surface area contributed by atoms with Crippen LogP contribution in [0.3, 0.4) is 0 Å². The number of hydrogen-bond donors (Lipinski definition) is 0. The first kappa shape index (κ1) is 37.4. The number of furan rings is 1. The van der Waals surface area contributed by atoms with Gasteiger partial charge in [-0.05, 0) is 102 Å². The van der Waals surface area contributed by atoms with E-state index >= 15 is 0 Å². The molecule has 1 heterocycles. The second-order valence-corrected chi connectivity index (χ2v) is 18.2. The molecule has 0 aliphatic carbocycles. The molecule has 9 aromatic carbocycles. The molecule has 0 unspecified atom stereocenters. The van der Waals surface area contributed by atoms with Crippen LogP contribution in [0.4, 0.5) is 17.1 Å². The van der Waals surface area contributed by atoms with Crippen LogP contribution in [0.5, 0.6) is 0 Å². The predicted octanol–water partition coefficient (Wildman–Crippen LogP) is 17.0. The van der Waals surface area contributed by atoms with E-state index in [0.717, 1.165) is 55.7 Å². The van der Waals surface area contributed by atoms with Crippen molar-refractivity contribution in [1.82, 2.24) is 0 Å². The summed E-state index contributed by atoms with van der Waals surface area (Å²) in [6.45, 7) is 13.9. The van der Waals surface area contributed by atoms with Crippen LogP contribution >= 0.6 is 0 Å². The molecule has 10 rings (SSSR count). The number of hydrogen-bond acceptors (Lipinski definition) is 2. The van der Waals surface area contributed by atoms with E-state index in [0.29, 0.717) is 0 Å². The fourth-order valence-corrected chi connectivity index (χ4v) is 8.97. The van der Waals surface area contributed by atoms with Gasteiger partial charge in [-0.3, -0.25) is 0 Å². The van der Waals surface area contributed by atoms with Gasteiger partial charge in [-0.1, -0.05) is 193 Å². The Morgan fingerprint density at radius 3 is 1.53 bits per heavy atom. The fraction of sp³-hybridized carbons (Fsp3) is 0.138. The number of nitrogens with zero attached hydrogens (tertiary/aromatic N) is 1. The first-order chi connectivity index (χ1) is 29.0. The summed E-state index contributed by atoms with van der Waals surface area (Å²) in [5, 5.41) is 7.11. The monoisotopic (exact) mass is 775 g/mol. The molecular formula is C58H49NO. The summed E-state index contributed by atoms with van der Waals surface area (Å²) in [5.74, 6) is 0. The molecule has 292 valence electrons. The van der Waals surface area contributed by atoms with Gasteiger partial charge < -0.3 is 9.32 Å². The van der Waals surface area contributed by atoms with Crippen LogP contribution in [0.15, 0.2) is 192 Å². The van der Waals surface area contributed by atoms with E-state index < -0.39 is 0 Å². The average molecular weight is 776 g/mol. The lowest BCUT2D eigenvalue weighted by atomic mass is 9.78. The van der Waals surface area contributed by atoms with E-state index in [2.05, 4.69) is 228 Å². The highest BCUT2D eigenvalue weighted by Gasteiger charge is 2.25. The Morgan fingerprint density at radius 2 is 0.867 bits per heavy atom. The van der Waals surface area contributed by atoms with Gasteiger partial charge in [0.15, 0.2) is 0 Å². The molecule has 0 saturated heterocycles. The van der Waals surface area contributed by atoms with Gasteiger partial charge in [0, 0.05) is 27.6 Å². The van der Waals surface area contributed by atoms with Crippen molar-refractivity contribution >= 4 is 60.5 Å². The zero-order chi connectivity index (χ0) is 41.2. The van der Waals surface area contributed by atoms with Crippen molar-refractivity contribution in [3.05, 3.63) is 199 Å². The Labute approximate surface area is 353 Å². The highest BCUT2D eigenvalue weighted by atomic mass is 16.3. The Bertz CT molecular complexity index is 3200. The third-order valence-corrected chi connectivity index (χ3v) is 12.1. The second kappa shape index (κ2) is 14.4. The van der Waals surface area contributed by atoms with E-state index in [-0.39, 0.29) is 10.8 Å². The van der Waals surface area contributed by atoms with Gasteiger partial charge in [-0.25, -0.2) is 0 Å². The topological polar surface area (TPSA) is 16.4 Å². The molecule has 1 aromatic heterocycles. The van der Waals surface area contributed by atoms with E-state index in [1.54, 1.807) is 0 Å². The predicted molar refractivity (Wildman–Crippen MR) is 257 cm³/mol. The molecule has 2 nitrogen and oxygen atoms in total. The average Bonchev–Trinajstić information content (AvgIpc) is 3.65. The molecule has 0 aliphatic heterocycles. The SMILES string of the molecule is CC(C)(C)c1cc(-c2cccc3cccc(-c4ccccc4N(c4ccc5ccccc5c4)c4ccccc4-c4cccc5oc6ccccc6c45)c23)cc(C(C)(C)C)c1. The highest BCUT2D eigenvalue weighted by molar-refractivity contribution is 6.14. The maximum Gasteiger partial charge on any atom is 0.136 e. The molecule has 0 atom stereocenters. The Morgan fingerprint density at radius 1 is 0.367 bits per heavy atom. The quantitative estimate of drug-likeness (QED) is 0.167. The van der Waals surface area contributed by atoms with Gasteiger partial charge >= 0.3 is 0 Å². The van der Waals surface area contributed by atoms with Gasteiger partial charge in [-0.2, -0.15) is 0 Å². The normalized spacial score (nSPS) is 12.2. The smallest absolute Gasteiger partial charge is 0.136 e. The number of fused-ring (bicyclic) bond motifs is 5. The first-order valence-electron chi connectivity index (χ1n) is 21.1. The van der Waals surface area contributed by atoms with E-state index in [1.807, 2.05) is 6.07 Å². The van der Waals surface area contributed by atoms with Crippen molar-refractivity contribution in [3.63, 3.8) is 0 Å². The van der Waals surface area contributed by atoms with Crippen LogP contribution in [-0.4, -0.2) is 0 Å². The maximum atomic E-state index is 6.44. The highest BCUT2D eigenvalue weighted by Crippen LogP contribution is 2.49. The molecular weight excluding hydrogens is 727 g/mol. The van der Waals surface area contributed by atoms with Crippen LogP contribution in [0.2, 0.25) is 0 Å². The standard InChI is InChI=1S/C58H49NO/c1-57(2,3)42-34-41(35-43(37-42)58(4,5)6)45-25-15-20-39-21-16-26-48(55(39)45)46-22-9-12-28-51(46)59(44-33-32-38-18-7-8-19-40(38)36-44)52-29-13-10-23-47(52)49-27-17-31-54-56(49)50-24-11-14-30-53(50)60-54/h7-37H,1-6H3. The van der Waals surface area contributed by atoms with Gasteiger partial charge in [0.1, 0.15) is 11.2 Å². The third kappa shape index (κ3) is 6.53. The Kier molecular flexibility index (Phi) is 8.99. The maximum absolute atomic E-state index is 6.44. The number of anilines is 3. The minimum absolute atomic E-state index is 0.00313. The molecule has 0 N–H and O–H groups in total. The number of para-hydroxylation sites is 3. The molecule has 0 spiro atoms. The lowest BCUT2D eigenvalue weighted by Crippen LogP contribution is -2.16. The summed E-state index contributed by atoms with van der Waals surface area (Å²) in [4.78, 5) is 2.47. The Balaban J connectivity index is 1.25. The van der Waals surface area contributed by atoms with E-state index in [9.17, 15) is 0 Å². The van der Waals surface area contributed by atoms with Gasteiger partial charge in [0.05, 0.1) is 11.4 Å².